The molecule has 0 aliphatic carbocycles. The van der Waals surface area contributed by atoms with Crippen molar-refractivity contribution >= 4 is 0 Å². The van der Waals surface area contributed by atoms with E-state index in [0.717, 1.165) is 26.2 Å². The molecular weight excluding hydrogens is 192 g/mol. The minimum atomic E-state index is -0.802. The molecule has 0 spiro atoms. The van der Waals surface area contributed by atoms with Gasteiger partial charge in [-0.05, 0) is 38.8 Å². The maximum atomic E-state index is 9.91. The summed E-state index contributed by atoms with van der Waals surface area (Å²) in [5.41, 5.74) is -0.802. The molecule has 2 saturated heterocycles. The molecule has 2 fully saturated rings. The first-order chi connectivity index (χ1) is 7.23. The van der Waals surface area contributed by atoms with Crippen LogP contribution in [0.2, 0.25) is 0 Å². The average molecular weight is 214 g/mol. The van der Waals surface area contributed by atoms with Crippen molar-refractivity contribution in [3.05, 3.63) is 0 Å². The normalized spacial score (nSPS) is 29.2. The first-order valence-electron chi connectivity index (χ1n) is 6.01. The highest BCUT2D eigenvalue weighted by Crippen LogP contribution is 2.24. The Bertz CT molecular complexity index is 197. The lowest BCUT2D eigenvalue weighted by molar-refractivity contribution is -0.0677. The Morgan fingerprint density at radius 3 is 2.33 bits per heavy atom. The Morgan fingerprint density at radius 2 is 1.80 bits per heavy atom. The summed E-state index contributed by atoms with van der Waals surface area (Å²) in [7, 11) is 0. The van der Waals surface area contributed by atoms with Crippen molar-refractivity contribution in [1.82, 2.24) is 10.2 Å². The molecule has 0 atom stereocenters. The van der Waals surface area contributed by atoms with Gasteiger partial charge in [0.05, 0.1) is 12.2 Å². The average Bonchev–Trinajstić information content (AvgIpc) is 2.31. The summed E-state index contributed by atoms with van der Waals surface area (Å²) in [6.45, 7) is 4.01. The molecule has 2 aliphatic heterocycles. The van der Waals surface area contributed by atoms with Crippen molar-refractivity contribution in [2.24, 2.45) is 0 Å². The Kier molecular flexibility index (Phi) is 3.61. The number of hydrogen-bond acceptors (Lipinski definition) is 4. The van der Waals surface area contributed by atoms with Crippen LogP contribution in [0.4, 0.5) is 0 Å². The number of piperidine rings is 2. The zero-order chi connectivity index (χ0) is 10.7. The molecule has 0 unspecified atom stereocenters. The lowest BCUT2D eigenvalue weighted by atomic mass is 9.90. The van der Waals surface area contributed by atoms with Crippen molar-refractivity contribution in [3.63, 3.8) is 0 Å². The highest BCUT2D eigenvalue weighted by Gasteiger charge is 2.34. The number of likely N-dealkylation sites (tertiary alicyclic amines) is 1. The Balaban J connectivity index is 1.82. The highest BCUT2D eigenvalue weighted by molar-refractivity contribution is 4.88. The Morgan fingerprint density at radius 1 is 1.20 bits per heavy atom. The number of nitrogens with zero attached hydrogens (tertiary/aromatic N) is 1. The molecule has 0 radical (unpaired) electrons. The molecule has 0 aromatic heterocycles. The van der Waals surface area contributed by atoms with Crippen LogP contribution >= 0.6 is 0 Å². The number of aliphatic hydroxyl groups excluding tert-OH is 1. The van der Waals surface area contributed by atoms with Crippen molar-refractivity contribution in [2.75, 3.05) is 32.8 Å². The van der Waals surface area contributed by atoms with Gasteiger partial charge in [0.2, 0.25) is 0 Å². The van der Waals surface area contributed by atoms with E-state index in [4.69, 9.17) is 5.11 Å². The third-order valence-electron chi connectivity index (χ3n) is 3.85. The lowest BCUT2D eigenvalue weighted by Gasteiger charge is -2.42. The molecular formula is C11H22N2O2. The van der Waals surface area contributed by atoms with E-state index in [1.807, 2.05) is 0 Å². The topological polar surface area (TPSA) is 55.7 Å². The molecule has 0 aromatic rings. The second-order valence-electron chi connectivity index (χ2n) is 4.90. The quantitative estimate of drug-likeness (QED) is 0.583. The van der Waals surface area contributed by atoms with Crippen LogP contribution in [-0.2, 0) is 0 Å². The zero-order valence-electron chi connectivity index (χ0n) is 9.28. The summed E-state index contributed by atoms with van der Waals surface area (Å²) in [6, 6.07) is 0.689. The second kappa shape index (κ2) is 4.78. The van der Waals surface area contributed by atoms with Crippen LogP contribution in [0.3, 0.4) is 0 Å². The van der Waals surface area contributed by atoms with Crippen molar-refractivity contribution in [2.45, 2.75) is 37.3 Å². The van der Waals surface area contributed by atoms with Crippen LogP contribution in [-0.4, -0.2) is 59.5 Å². The molecule has 0 saturated carbocycles. The summed E-state index contributed by atoms with van der Waals surface area (Å²) in [6.07, 6.45) is 3.87. The van der Waals surface area contributed by atoms with Crippen LogP contribution in [0, 0.1) is 0 Å². The maximum absolute atomic E-state index is 9.91. The van der Waals surface area contributed by atoms with Gasteiger partial charge in [-0.1, -0.05) is 0 Å². The predicted octanol–water partition coefficient (Wildman–Crippen LogP) is -0.442. The standard InChI is InChI=1S/C11H22N2O2/c14-9-11(15)3-7-13(8-4-11)10-1-5-12-6-2-10/h10,12,14-15H,1-9H2. The molecule has 4 heteroatoms. The molecule has 0 amide bonds. The molecule has 4 nitrogen and oxygen atoms in total. The zero-order valence-corrected chi connectivity index (χ0v) is 9.28. The Hall–Kier alpha value is -0.160. The molecule has 2 aliphatic rings. The van der Waals surface area contributed by atoms with Crippen LogP contribution in [0.1, 0.15) is 25.7 Å². The van der Waals surface area contributed by atoms with E-state index in [9.17, 15) is 5.11 Å². The van der Waals surface area contributed by atoms with E-state index >= 15 is 0 Å². The number of nitrogens with one attached hydrogen (secondary N) is 1. The van der Waals surface area contributed by atoms with Gasteiger partial charge >= 0.3 is 0 Å². The van der Waals surface area contributed by atoms with E-state index in [1.54, 1.807) is 0 Å². The van der Waals surface area contributed by atoms with Crippen LogP contribution < -0.4 is 5.32 Å². The third kappa shape index (κ3) is 2.69. The number of hydrogen-bond donors (Lipinski definition) is 3. The minimum absolute atomic E-state index is 0.0902. The number of rotatable bonds is 2. The SMILES string of the molecule is OCC1(O)CCN(C2CCNCC2)CC1. The molecule has 88 valence electrons. The summed E-state index contributed by atoms with van der Waals surface area (Å²) in [5, 5.41) is 22.3. The predicted molar refractivity (Wildman–Crippen MR) is 58.7 cm³/mol. The van der Waals surface area contributed by atoms with Crippen molar-refractivity contribution < 1.29 is 10.2 Å². The van der Waals surface area contributed by atoms with Gasteiger partial charge in [0.25, 0.3) is 0 Å². The fourth-order valence-corrected chi connectivity index (χ4v) is 2.64. The molecule has 3 N–H and O–H groups in total. The van der Waals surface area contributed by atoms with Crippen molar-refractivity contribution in [1.29, 1.82) is 0 Å². The summed E-state index contributed by atoms with van der Waals surface area (Å²) in [5.74, 6) is 0. The number of aliphatic hydroxyl groups is 2. The monoisotopic (exact) mass is 214 g/mol. The fourth-order valence-electron chi connectivity index (χ4n) is 2.64. The summed E-state index contributed by atoms with van der Waals surface area (Å²) < 4.78 is 0. The third-order valence-corrected chi connectivity index (χ3v) is 3.85. The van der Waals surface area contributed by atoms with Crippen molar-refractivity contribution in [3.8, 4) is 0 Å². The first-order valence-corrected chi connectivity index (χ1v) is 6.01. The molecule has 0 aromatic carbocycles. The second-order valence-corrected chi connectivity index (χ2v) is 4.90. The smallest absolute Gasteiger partial charge is 0.0901 e. The molecule has 15 heavy (non-hydrogen) atoms. The van der Waals surface area contributed by atoms with Gasteiger partial charge in [-0.25, -0.2) is 0 Å². The fraction of sp³-hybridized carbons (Fsp3) is 1.00. The first kappa shape index (κ1) is 11.3. The van der Waals surface area contributed by atoms with E-state index < -0.39 is 5.60 Å². The highest BCUT2D eigenvalue weighted by atomic mass is 16.3. The van der Waals surface area contributed by atoms with Gasteiger partial charge in [0.1, 0.15) is 0 Å². The van der Waals surface area contributed by atoms with E-state index in [1.165, 1.54) is 12.8 Å². The van der Waals surface area contributed by atoms with Gasteiger partial charge in [-0.3, -0.25) is 0 Å². The molecule has 2 heterocycles. The van der Waals surface area contributed by atoms with Gasteiger partial charge in [0, 0.05) is 19.1 Å². The van der Waals surface area contributed by atoms with Crippen LogP contribution in [0.5, 0.6) is 0 Å². The summed E-state index contributed by atoms with van der Waals surface area (Å²) in [4.78, 5) is 2.48. The van der Waals surface area contributed by atoms with Gasteiger partial charge in [-0.15, -0.1) is 0 Å². The van der Waals surface area contributed by atoms with Crippen LogP contribution in [0.15, 0.2) is 0 Å². The maximum Gasteiger partial charge on any atom is 0.0901 e. The lowest BCUT2D eigenvalue weighted by Crippen LogP contribution is -2.52. The van der Waals surface area contributed by atoms with Gasteiger partial charge in [0.15, 0.2) is 0 Å². The molecule has 0 bridgehead atoms. The Labute approximate surface area is 91.3 Å². The van der Waals surface area contributed by atoms with E-state index in [-0.39, 0.29) is 6.61 Å². The van der Waals surface area contributed by atoms with Gasteiger partial charge < -0.3 is 20.4 Å². The van der Waals surface area contributed by atoms with Crippen LogP contribution in [0.25, 0.3) is 0 Å². The van der Waals surface area contributed by atoms with E-state index in [2.05, 4.69) is 10.2 Å². The largest absolute Gasteiger partial charge is 0.393 e. The summed E-state index contributed by atoms with van der Waals surface area (Å²) >= 11 is 0. The minimum Gasteiger partial charge on any atom is -0.393 e. The van der Waals surface area contributed by atoms with E-state index in [0.29, 0.717) is 18.9 Å². The van der Waals surface area contributed by atoms with Gasteiger partial charge in [-0.2, -0.15) is 0 Å². The molecule has 2 rings (SSSR count).